The molecule has 0 saturated carbocycles. The van der Waals surface area contributed by atoms with E-state index in [0.717, 1.165) is 5.56 Å². The summed E-state index contributed by atoms with van der Waals surface area (Å²) in [6.45, 7) is 20.5. The second-order valence-corrected chi connectivity index (χ2v) is 16.2. The number of hydrogen-bond donors (Lipinski definition) is 1. The Kier molecular flexibility index (Phi) is 5.32. The summed E-state index contributed by atoms with van der Waals surface area (Å²) in [4.78, 5) is 1.34. The number of phenols is 1. The fourth-order valence-corrected chi connectivity index (χ4v) is 5.56. The summed E-state index contributed by atoms with van der Waals surface area (Å²) in [5.41, 5.74) is 2.40. The molecule has 120 valence electrons. The van der Waals surface area contributed by atoms with Gasteiger partial charge >= 0.3 is 0 Å². The number of aromatic hydroxyl groups is 1. The SMILES string of the molecule is CC(C)(C)c1c(O)ccc(SC[Si](C)(C)C)c1C(C)(C)C. The third-order valence-corrected chi connectivity index (χ3v) is 8.00. The highest BCUT2D eigenvalue weighted by molar-refractivity contribution is 8.01. The van der Waals surface area contributed by atoms with E-state index in [1.807, 2.05) is 17.8 Å². The maximum atomic E-state index is 10.4. The number of hydrogen-bond acceptors (Lipinski definition) is 2. The first kappa shape index (κ1) is 18.6. The van der Waals surface area contributed by atoms with Gasteiger partial charge in [-0.25, -0.2) is 0 Å². The molecule has 0 unspecified atom stereocenters. The molecule has 1 aromatic rings. The van der Waals surface area contributed by atoms with Crippen LogP contribution in [-0.2, 0) is 10.8 Å². The fraction of sp³-hybridized carbons (Fsp3) is 0.667. The van der Waals surface area contributed by atoms with Crippen molar-refractivity contribution in [3.8, 4) is 5.75 Å². The molecule has 3 heteroatoms. The van der Waals surface area contributed by atoms with E-state index in [0.29, 0.717) is 5.75 Å². The molecule has 0 radical (unpaired) electrons. The van der Waals surface area contributed by atoms with Gasteiger partial charge in [-0.2, -0.15) is 0 Å². The van der Waals surface area contributed by atoms with Crippen LogP contribution in [0.4, 0.5) is 0 Å². The highest BCUT2D eigenvalue weighted by Crippen LogP contribution is 2.44. The minimum Gasteiger partial charge on any atom is -0.508 e. The van der Waals surface area contributed by atoms with Crippen LogP contribution in [0, 0.1) is 0 Å². The van der Waals surface area contributed by atoms with Crippen LogP contribution in [-0.4, -0.2) is 18.6 Å². The number of phenolic OH excluding ortho intramolecular Hbond substituents is 1. The van der Waals surface area contributed by atoms with Gasteiger partial charge in [0.25, 0.3) is 0 Å². The Labute approximate surface area is 136 Å². The van der Waals surface area contributed by atoms with Crippen molar-refractivity contribution in [2.75, 3.05) is 5.38 Å². The minimum atomic E-state index is -1.10. The Morgan fingerprint density at radius 2 is 1.38 bits per heavy atom. The third kappa shape index (κ3) is 5.06. The smallest absolute Gasteiger partial charge is 0.119 e. The molecule has 0 bridgehead atoms. The number of thioether (sulfide) groups is 1. The Balaban J connectivity index is 3.46. The van der Waals surface area contributed by atoms with Gasteiger partial charge in [-0.3, -0.25) is 0 Å². The van der Waals surface area contributed by atoms with Crippen molar-refractivity contribution in [2.45, 2.75) is 76.9 Å². The Hall–Kier alpha value is -0.413. The van der Waals surface area contributed by atoms with Gasteiger partial charge < -0.3 is 5.11 Å². The molecule has 0 aliphatic heterocycles. The van der Waals surface area contributed by atoms with E-state index in [-0.39, 0.29) is 10.8 Å². The van der Waals surface area contributed by atoms with Crippen molar-refractivity contribution in [3.05, 3.63) is 23.3 Å². The zero-order valence-corrected chi connectivity index (χ0v) is 17.0. The van der Waals surface area contributed by atoms with E-state index < -0.39 is 8.07 Å². The monoisotopic (exact) mass is 324 g/mol. The van der Waals surface area contributed by atoms with Gasteiger partial charge in [0, 0.05) is 10.5 Å². The highest BCUT2D eigenvalue weighted by Gasteiger charge is 2.31. The van der Waals surface area contributed by atoms with E-state index >= 15 is 0 Å². The molecule has 21 heavy (non-hydrogen) atoms. The molecule has 1 N–H and O–H groups in total. The first-order valence-electron chi connectivity index (χ1n) is 7.73. The molecule has 0 heterocycles. The molecule has 0 aromatic heterocycles. The van der Waals surface area contributed by atoms with Gasteiger partial charge in [0.15, 0.2) is 0 Å². The summed E-state index contributed by atoms with van der Waals surface area (Å²) in [6.07, 6.45) is 0. The van der Waals surface area contributed by atoms with Crippen LogP contribution in [0.15, 0.2) is 17.0 Å². The third-order valence-electron chi connectivity index (χ3n) is 3.31. The van der Waals surface area contributed by atoms with Gasteiger partial charge in [-0.05, 0) is 33.9 Å². The lowest BCUT2D eigenvalue weighted by atomic mass is 9.75. The van der Waals surface area contributed by atoms with Gasteiger partial charge in [0.2, 0.25) is 0 Å². The standard InChI is InChI=1S/C18H32OSSi/c1-17(2,3)15-13(19)10-11-14(16(15)18(4,5)6)20-12-21(7,8)9/h10-11,19H,12H2,1-9H3. The lowest BCUT2D eigenvalue weighted by Gasteiger charge is -2.33. The molecule has 1 rings (SSSR count). The normalized spacial score (nSPS) is 13.6. The van der Waals surface area contributed by atoms with Crippen LogP contribution in [0.25, 0.3) is 0 Å². The topological polar surface area (TPSA) is 20.2 Å². The maximum Gasteiger partial charge on any atom is 0.119 e. The van der Waals surface area contributed by atoms with Crippen LogP contribution in [0.1, 0.15) is 52.7 Å². The van der Waals surface area contributed by atoms with Crippen LogP contribution in [0.2, 0.25) is 19.6 Å². The fourth-order valence-electron chi connectivity index (χ4n) is 2.49. The van der Waals surface area contributed by atoms with Crippen molar-refractivity contribution in [1.82, 2.24) is 0 Å². The molecule has 0 amide bonds. The first-order valence-corrected chi connectivity index (χ1v) is 12.4. The molecule has 0 spiro atoms. The molecular formula is C18H32OSSi. The molecule has 0 saturated heterocycles. The van der Waals surface area contributed by atoms with Crippen molar-refractivity contribution >= 4 is 19.8 Å². The second kappa shape index (κ2) is 6.00. The Morgan fingerprint density at radius 3 is 1.76 bits per heavy atom. The van der Waals surface area contributed by atoms with Crippen LogP contribution < -0.4 is 0 Å². The van der Waals surface area contributed by atoms with Crippen molar-refractivity contribution in [2.24, 2.45) is 0 Å². The molecule has 1 nitrogen and oxygen atoms in total. The van der Waals surface area contributed by atoms with Gasteiger partial charge in [0.1, 0.15) is 5.75 Å². The minimum absolute atomic E-state index is 0.0309. The second-order valence-electron chi connectivity index (χ2n) is 9.18. The molecule has 0 aliphatic carbocycles. The predicted molar refractivity (Wildman–Crippen MR) is 99.6 cm³/mol. The highest BCUT2D eigenvalue weighted by atomic mass is 32.2. The lowest BCUT2D eigenvalue weighted by Crippen LogP contribution is -2.26. The largest absolute Gasteiger partial charge is 0.508 e. The average Bonchev–Trinajstić information content (AvgIpc) is 2.22. The summed E-state index contributed by atoms with van der Waals surface area (Å²) in [5, 5.41) is 11.7. The average molecular weight is 325 g/mol. The van der Waals surface area contributed by atoms with E-state index in [4.69, 9.17) is 0 Å². The summed E-state index contributed by atoms with van der Waals surface area (Å²) in [5.74, 6) is 0.435. The van der Waals surface area contributed by atoms with Crippen molar-refractivity contribution in [1.29, 1.82) is 0 Å². The molecule has 1 aromatic carbocycles. The first-order chi connectivity index (χ1) is 9.23. The van der Waals surface area contributed by atoms with Crippen LogP contribution in [0.5, 0.6) is 5.75 Å². The van der Waals surface area contributed by atoms with E-state index in [1.165, 1.54) is 15.8 Å². The number of rotatable bonds is 3. The quantitative estimate of drug-likeness (QED) is 0.547. The summed E-state index contributed by atoms with van der Waals surface area (Å²) in [7, 11) is -1.10. The molecule has 0 aliphatic rings. The predicted octanol–water partition coefficient (Wildman–Crippen LogP) is 5.96. The van der Waals surface area contributed by atoms with E-state index in [2.05, 4.69) is 67.2 Å². The Morgan fingerprint density at radius 1 is 0.905 bits per heavy atom. The molecule has 0 atom stereocenters. The molecular weight excluding hydrogens is 292 g/mol. The van der Waals surface area contributed by atoms with Gasteiger partial charge in [-0.1, -0.05) is 61.2 Å². The van der Waals surface area contributed by atoms with E-state index in [9.17, 15) is 5.11 Å². The Bertz CT molecular complexity index is 502. The van der Waals surface area contributed by atoms with Crippen molar-refractivity contribution in [3.63, 3.8) is 0 Å². The summed E-state index contributed by atoms with van der Waals surface area (Å²) in [6, 6.07) is 3.98. The number of benzene rings is 1. The molecule has 0 fully saturated rings. The van der Waals surface area contributed by atoms with Gasteiger partial charge in [-0.15, -0.1) is 11.8 Å². The zero-order chi connectivity index (χ0) is 16.6. The van der Waals surface area contributed by atoms with Crippen LogP contribution >= 0.6 is 11.8 Å². The van der Waals surface area contributed by atoms with Crippen molar-refractivity contribution < 1.29 is 5.11 Å². The lowest BCUT2D eigenvalue weighted by molar-refractivity contribution is 0.432. The zero-order valence-electron chi connectivity index (χ0n) is 15.2. The van der Waals surface area contributed by atoms with Gasteiger partial charge in [0.05, 0.1) is 8.07 Å². The van der Waals surface area contributed by atoms with Crippen LogP contribution in [0.3, 0.4) is 0 Å². The summed E-state index contributed by atoms with van der Waals surface area (Å²) >= 11 is 1.97. The van der Waals surface area contributed by atoms with E-state index in [1.54, 1.807) is 0 Å². The maximum absolute atomic E-state index is 10.4. The summed E-state index contributed by atoms with van der Waals surface area (Å²) < 4.78 is 0.